The SMILES string of the molecule is CCOc1c(C=C2C(=O)NC(=S)NC2=O)cccc1OCc1ccc(Cl)cc1Cl. The highest BCUT2D eigenvalue weighted by Gasteiger charge is 2.26. The van der Waals surface area contributed by atoms with Crippen LogP contribution in [0.3, 0.4) is 0 Å². The highest BCUT2D eigenvalue weighted by Crippen LogP contribution is 2.34. The molecule has 1 saturated heterocycles. The van der Waals surface area contributed by atoms with Crippen molar-refractivity contribution in [3.8, 4) is 11.5 Å². The van der Waals surface area contributed by atoms with Crippen LogP contribution in [0.1, 0.15) is 18.1 Å². The van der Waals surface area contributed by atoms with Crippen molar-refractivity contribution in [3.05, 3.63) is 63.1 Å². The lowest BCUT2D eigenvalue weighted by Crippen LogP contribution is -2.51. The highest BCUT2D eigenvalue weighted by molar-refractivity contribution is 7.80. The third-order valence-electron chi connectivity index (χ3n) is 3.94. The fourth-order valence-corrected chi connectivity index (χ4v) is 3.26. The van der Waals surface area contributed by atoms with Crippen LogP contribution in [0.5, 0.6) is 11.5 Å². The van der Waals surface area contributed by atoms with Gasteiger partial charge in [0.05, 0.1) is 6.61 Å². The van der Waals surface area contributed by atoms with E-state index in [0.29, 0.717) is 33.7 Å². The molecule has 0 saturated carbocycles. The molecule has 1 heterocycles. The van der Waals surface area contributed by atoms with Gasteiger partial charge in [-0.05, 0) is 43.4 Å². The van der Waals surface area contributed by atoms with E-state index in [1.807, 2.05) is 6.92 Å². The van der Waals surface area contributed by atoms with Crippen molar-refractivity contribution in [2.75, 3.05) is 6.61 Å². The smallest absolute Gasteiger partial charge is 0.263 e. The van der Waals surface area contributed by atoms with Gasteiger partial charge in [-0.3, -0.25) is 20.2 Å². The first-order chi connectivity index (χ1) is 13.9. The van der Waals surface area contributed by atoms with Gasteiger partial charge in [0.2, 0.25) is 0 Å². The molecule has 0 radical (unpaired) electrons. The van der Waals surface area contributed by atoms with Gasteiger partial charge in [0, 0.05) is 21.2 Å². The zero-order chi connectivity index (χ0) is 21.0. The van der Waals surface area contributed by atoms with E-state index in [-0.39, 0.29) is 17.3 Å². The van der Waals surface area contributed by atoms with E-state index in [0.717, 1.165) is 5.56 Å². The number of hydrogen-bond acceptors (Lipinski definition) is 5. The summed E-state index contributed by atoms with van der Waals surface area (Å²) in [4.78, 5) is 24.2. The number of halogens is 2. The van der Waals surface area contributed by atoms with Crippen LogP contribution in [0.2, 0.25) is 10.0 Å². The molecule has 2 aromatic rings. The topological polar surface area (TPSA) is 76.7 Å². The fraction of sp³-hybridized carbons (Fsp3) is 0.150. The summed E-state index contributed by atoms with van der Waals surface area (Å²) in [5.74, 6) is -0.318. The number of thiocarbonyl (C=S) groups is 1. The van der Waals surface area contributed by atoms with Gasteiger partial charge in [0.1, 0.15) is 12.2 Å². The van der Waals surface area contributed by atoms with Crippen LogP contribution in [0.4, 0.5) is 0 Å². The van der Waals surface area contributed by atoms with E-state index < -0.39 is 11.8 Å². The molecule has 29 heavy (non-hydrogen) atoms. The number of hydrogen-bond donors (Lipinski definition) is 2. The van der Waals surface area contributed by atoms with Crippen molar-refractivity contribution in [1.29, 1.82) is 0 Å². The summed E-state index contributed by atoms with van der Waals surface area (Å²) in [7, 11) is 0. The molecule has 3 rings (SSSR count). The summed E-state index contributed by atoms with van der Waals surface area (Å²) in [6.45, 7) is 2.37. The molecule has 1 fully saturated rings. The maximum absolute atomic E-state index is 12.1. The Balaban J connectivity index is 1.91. The predicted octanol–water partition coefficient (Wildman–Crippen LogP) is 3.89. The van der Waals surface area contributed by atoms with Crippen molar-refractivity contribution in [3.63, 3.8) is 0 Å². The van der Waals surface area contributed by atoms with Crippen molar-refractivity contribution in [2.24, 2.45) is 0 Å². The minimum atomic E-state index is -0.583. The molecule has 0 spiro atoms. The van der Waals surface area contributed by atoms with Crippen molar-refractivity contribution in [1.82, 2.24) is 10.6 Å². The molecule has 1 aliphatic heterocycles. The van der Waals surface area contributed by atoms with Crippen LogP contribution >= 0.6 is 35.4 Å². The standard InChI is InChI=1S/C20H16Cl2N2O4S/c1-2-27-17-11(8-14-18(25)23-20(29)24-19(14)26)4-3-5-16(17)28-10-12-6-7-13(21)9-15(12)22/h3-9H,2,10H2,1H3,(H2,23,24,25,26,29). The van der Waals surface area contributed by atoms with E-state index in [1.165, 1.54) is 6.08 Å². The number of rotatable bonds is 6. The van der Waals surface area contributed by atoms with Crippen LogP contribution in [-0.2, 0) is 16.2 Å². The average Bonchev–Trinajstić information content (AvgIpc) is 2.65. The Morgan fingerprint density at radius 1 is 1.07 bits per heavy atom. The summed E-state index contributed by atoms with van der Waals surface area (Å²) >= 11 is 16.9. The van der Waals surface area contributed by atoms with E-state index in [2.05, 4.69) is 10.6 Å². The first-order valence-corrected chi connectivity index (χ1v) is 9.76. The maximum atomic E-state index is 12.1. The molecule has 0 bridgehead atoms. The monoisotopic (exact) mass is 450 g/mol. The zero-order valence-electron chi connectivity index (χ0n) is 15.3. The summed E-state index contributed by atoms with van der Waals surface area (Å²) in [6.07, 6.45) is 1.43. The van der Waals surface area contributed by atoms with Gasteiger partial charge < -0.3 is 9.47 Å². The van der Waals surface area contributed by atoms with Crippen LogP contribution < -0.4 is 20.1 Å². The number of nitrogens with one attached hydrogen (secondary N) is 2. The number of para-hydroxylation sites is 1. The Hall–Kier alpha value is -2.61. The first kappa shape index (κ1) is 21.1. The number of benzene rings is 2. The zero-order valence-corrected chi connectivity index (χ0v) is 17.6. The minimum Gasteiger partial charge on any atom is -0.489 e. The first-order valence-electron chi connectivity index (χ1n) is 8.60. The second-order valence-corrected chi connectivity index (χ2v) is 7.18. The van der Waals surface area contributed by atoms with Crippen molar-refractivity contribution in [2.45, 2.75) is 13.5 Å². The molecule has 2 aromatic carbocycles. The molecule has 9 heteroatoms. The molecular weight excluding hydrogens is 435 g/mol. The van der Waals surface area contributed by atoms with Gasteiger partial charge in [0.25, 0.3) is 11.8 Å². The fourth-order valence-electron chi connectivity index (χ4n) is 2.62. The molecule has 0 aliphatic carbocycles. The van der Waals surface area contributed by atoms with E-state index in [1.54, 1.807) is 36.4 Å². The molecule has 0 atom stereocenters. The predicted molar refractivity (Wildman–Crippen MR) is 115 cm³/mol. The normalized spacial score (nSPS) is 13.6. The van der Waals surface area contributed by atoms with Gasteiger partial charge >= 0.3 is 0 Å². The Morgan fingerprint density at radius 3 is 2.45 bits per heavy atom. The molecule has 1 aliphatic rings. The molecule has 150 valence electrons. The second-order valence-electron chi connectivity index (χ2n) is 5.93. The largest absolute Gasteiger partial charge is 0.489 e. The average molecular weight is 451 g/mol. The Bertz CT molecular complexity index is 1000. The molecule has 6 nitrogen and oxygen atoms in total. The Labute approximate surface area is 182 Å². The lowest BCUT2D eigenvalue weighted by Gasteiger charge is -2.18. The minimum absolute atomic E-state index is 0.0286. The highest BCUT2D eigenvalue weighted by atomic mass is 35.5. The van der Waals surface area contributed by atoms with E-state index in [4.69, 9.17) is 44.9 Å². The number of carbonyl (C=O) groups excluding carboxylic acids is 2. The molecule has 0 aromatic heterocycles. The molecular formula is C20H16Cl2N2O4S. The lowest BCUT2D eigenvalue weighted by molar-refractivity contribution is -0.123. The van der Waals surface area contributed by atoms with Gasteiger partial charge in [-0.15, -0.1) is 0 Å². The summed E-state index contributed by atoms with van der Waals surface area (Å²) in [5, 5.41) is 5.79. The summed E-state index contributed by atoms with van der Waals surface area (Å²) in [5.41, 5.74) is 1.18. The quantitative estimate of drug-likeness (QED) is 0.396. The van der Waals surface area contributed by atoms with Crippen LogP contribution in [0.15, 0.2) is 42.0 Å². The number of carbonyl (C=O) groups is 2. The molecule has 2 N–H and O–H groups in total. The third kappa shape index (κ3) is 5.06. The summed E-state index contributed by atoms with van der Waals surface area (Å²) < 4.78 is 11.6. The number of ether oxygens (including phenoxy) is 2. The Kier molecular flexibility index (Phi) is 6.74. The van der Waals surface area contributed by atoms with Crippen molar-refractivity contribution >= 4 is 58.4 Å². The van der Waals surface area contributed by atoms with Gasteiger partial charge in [0.15, 0.2) is 16.6 Å². The van der Waals surface area contributed by atoms with Gasteiger partial charge in [-0.2, -0.15) is 0 Å². The van der Waals surface area contributed by atoms with Gasteiger partial charge in [-0.25, -0.2) is 0 Å². The van der Waals surface area contributed by atoms with Gasteiger partial charge in [-0.1, -0.05) is 41.4 Å². The van der Waals surface area contributed by atoms with Crippen LogP contribution in [0, 0.1) is 0 Å². The van der Waals surface area contributed by atoms with Crippen LogP contribution in [-0.4, -0.2) is 23.5 Å². The van der Waals surface area contributed by atoms with Crippen molar-refractivity contribution < 1.29 is 19.1 Å². The lowest BCUT2D eigenvalue weighted by atomic mass is 10.1. The third-order valence-corrected chi connectivity index (χ3v) is 4.73. The maximum Gasteiger partial charge on any atom is 0.263 e. The second kappa shape index (κ2) is 9.26. The van der Waals surface area contributed by atoms with E-state index in [9.17, 15) is 9.59 Å². The molecule has 2 amide bonds. The van der Waals surface area contributed by atoms with Crippen LogP contribution in [0.25, 0.3) is 6.08 Å². The Morgan fingerprint density at radius 2 is 1.79 bits per heavy atom. The number of amides is 2. The van der Waals surface area contributed by atoms with E-state index >= 15 is 0 Å². The molecule has 0 unspecified atom stereocenters. The summed E-state index contributed by atoms with van der Waals surface area (Å²) in [6, 6.07) is 10.3.